The molecule has 4 rings (SSSR count). The van der Waals surface area contributed by atoms with E-state index in [9.17, 15) is 14.4 Å². The van der Waals surface area contributed by atoms with Crippen molar-refractivity contribution in [2.24, 2.45) is 10.9 Å². The van der Waals surface area contributed by atoms with Gasteiger partial charge < -0.3 is 20.1 Å². The van der Waals surface area contributed by atoms with Crippen LogP contribution in [0.15, 0.2) is 71.7 Å². The molecule has 2 heterocycles. The number of nitrogens with zero attached hydrogens (tertiary/aromatic N) is 4. The zero-order valence-corrected chi connectivity index (χ0v) is 20.8. The van der Waals surface area contributed by atoms with E-state index in [1.54, 1.807) is 62.6 Å². The Hall–Kier alpha value is -4.44. The molecular weight excluding hydrogens is 498 g/mol. The van der Waals surface area contributed by atoms with Gasteiger partial charge in [-0.3, -0.25) is 19.5 Å². The van der Waals surface area contributed by atoms with E-state index >= 15 is 0 Å². The van der Waals surface area contributed by atoms with Crippen LogP contribution in [0.5, 0.6) is 11.6 Å². The molecule has 11 heteroatoms. The molecule has 1 aromatic heterocycles. The Labute approximate surface area is 218 Å². The number of anilines is 1. The minimum atomic E-state index is -1.15. The molecule has 1 aliphatic rings. The maximum absolute atomic E-state index is 13.3. The standard InChI is InChI=1S/C26H24ClN5O5/c1-31(2)23(33)20-14-28-26(32(24(20)34)15-16-6-8-17(27)9-7-16)29-18-10-12-19(13-11-18)37-22-5-3-4-21(30-22)25(35)36/h3-13,20H,14-15H2,1-2H3,(H,28,29)(H,35,36). The van der Waals surface area contributed by atoms with Crippen LogP contribution in [-0.2, 0) is 16.1 Å². The quantitative estimate of drug-likeness (QED) is 0.454. The van der Waals surface area contributed by atoms with Crippen molar-refractivity contribution in [2.45, 2.75) is 6.54 Å². The van der Waals surface area contributed by atoms with Crippen molar-refractivity contribution in [2.75, 3.05) is 26.0 Å². The first-order valence-electron chi connectivity index (χ1n) is 11.3. The monoisotopic (exact) mass is 521 g/mol. The third-order valence-electron chi connectivity index (χ3n) is 5.51. The van der Waals surface area contributed by atoms with Crippen LogP contribution < -0.4 is 10.1 Å². The van der Waals surface area contributed by atoms with Gasteiger partial charge in [-0.25, -0.2) is 9.78 Å². The summed E-state index contributed by atoms with van der Waals surface area (Å²) in [5, 5.41) is 12.8. The van der Waals surface area contributed by atoms with Crippen LogP contribution in [0.25, 0.3) is 0 Å². The summed E-state index contributed by atoms with van der Waals surface area (Å²) in [7, 11) is 3.21. The lowest BCUT2D eigenvalue weighted by Gasteiger charge is -2.32. The summed E-state index contributed by atoms with van der Waals surface area (Å²) in [4.78, 5) is 48.3. The van der Waals surface area contributed by atoms with Crippen molar-refractivity contribution in [1.29, 1.82) is 0 Å². The molecule has 37 heavy (non-hydrogen) atoms. The van der Waals surface area contributed by atoms with Crippen LogP contribution in [-0.4, -0.2) is 64.3 Å². The molecule has 2 amide bonds. The van der Waals surface area contributed by atoms with Gasteiger partial charge in [-0.15, -0.1) is 0 Å². The Kier molecular flexibility index (Phi) is 7.69. The highest BCUT2D eigenvalue weighted by atomic mass is 35.5. The fourth-order valence-electron chi connectivity index (χ4n) is 3.61. The van der Waals surface area contributed by atoms with Gasteiger partial charge in [0.2, 0.25) is 23.7 Å². The van der Waals surface area contributed by atoms with E-state index in [4.69, 9.17) is 21.4 Å². The van der Waals surface area contributed by atoms with Gasteiger partial charge in [0, 0.05) is 30.9 Å². The fourth-order valence-corrected chi connectivity index (χ4v) is 3.73. The van der Waals surface area contributed by atoms with Crippen LogP contribution in [0, 0.1) is 5.92 Å². The van der Waals surface area contributed by atoms with E-state index < -0.39 is 11.9 Å². The first-order valence-corrected chi connectivity index (χ1v) is 11.7. The minimum Gasteiger partial charge on any atom is -0.477 e. The highest BCUT2D eigenvalue weighted by Crippen LogP contribution is 2.24. The highest BCUT2D eigenvalue weighted by molar-refractivity contribution is 6.30. The lowest BCUT2D eigenvalue weighted by atomic mass is 10.0. The highest BCUT2D eigenvalue weighted by Gasteiger charge is 2.37. The summed E-state index contributed by atoms with van der Waals surface area (Å²) in [5.41, 5.74) is 1.33. The third kappa shape index (κ3) is 6.22. The summed E-state index contributed by atoms with van der Waals surface area (Å²) in [6.45, 7) is 0.230. The summed E-state index contributed by atoms with van der Waals surface area (Å²) in [6, 6.07) is 18.4. The Bertz CT molecular complexity index is 1340. The number of hydrogen-bond donors (Lipinski definition) is 2. The van der Waals surface area contributed by atoms with E-state index in [0.717, 1.165) is 5.56 Å². The van der Waals surface area contributed by atoms with E-state index in [0.29, 0.717) is 22.4 Å². The third-order valence-corrected chi connectivity index (χ3v) is 5.76. The van der Waals surface area contributed by atoms with Gasteiger partial charge in [-0.2, -0.15) is 0 Å². The molecule has 0 bridgehead atoms. The van der Waals surface area contributed by atoms with Crippen LogP contribution in [0.4, 0.5) is 5.69 Å². The van der Waals surface area contributed by atoms with Crippen molar-refractivity contribution < 1.29 is 24.2 Å². The topological polar surface area (TPSA) is 124 Å². The van der Waals surface area contributed by atoms with Crippen molar-refractivity contribution >= 4 is 41.0 Å². The zero-order chi connectivity index (χ0) is 26.5. The molecule has 1 unspecified atom stereocenters. The molecule has 3 aromatic rings. The number of aliphatic imine (C=N–C) groups is 1. The first kappa shape index (κ1) is 25.6. The normalized spacial score (nSPS) is 15.1. The van der Waals surface area contributed by atoms with Gasteiger partial charge in [0.05, 0.1) is 13.1 Å². The van der Waals surface area contributed by atoms with Gasteiger partial charge in [-0.1, -0.05) is 29.8 Å². The minimum absolute atomic E-state index is 0.0298. The molecule has 1 atom stereocenters. The summed E-state index contributed by atoms with van der Waals surface area (Å²) >= 11 is 6.00. The average Bonchev–Trinajstić information content (AvgIpc) is 2.88. The maximum atomic E-state index is 13.3. The van der Waals surface area contributed by atoms with Crippen LogP contribution in [0.1, 0.15) is 16.1 Å². The number of aromatic nitrogens is 1. The van der Waals surface area contributed by atoms with Crippen molar-refractivity contribution in [3.63, 3.8) is 0 Å². The molecule has 2 N–H and O–H groups in total. The first-order chi connectivity index (χ1) is 17.7. The Morgan fingerprint density at radius 2 is 1.81 bits per heavy atom. The zero-order valence-electron chi connectivity index (χ0n) is 20.1. The smallest absolute Gasteiger partial charge is 0.354 e. The van der Waals surface area contributed by atoms with Crippen LogP contribution in [0.3, 0.4) is 0 Å². The van der Waals surface area contributed by atoms with Crippen molar-refractivity contribution in [3.05, 3.63) is 83.0 Å². The number of rotatable bonds is 7. The number of pyridine rings is 1. The number of halogens is 1. The van der Waals surface area contributed by atoms with Crippen LogP contribution >= 0.6 is 11.6 Å². The molecule has 1 aliphatic heterocycles. The molecule has 0 radical (unpaired) electrons. The second kappa shape index (κ2) is 11.1. The number of hydrogen-bond acceptors (Lipinski definition) is 7. The summed E-state index contributed by atoms with van der Waals surface area (Å²) < 4.78 is 5.65. The van der Waals surface area contributed by atoms with Gasteiger partial charge >= 0.3 is 5.97 Å². The number of nitrogens with one attached hydrogen (secondary N) is 1. The lowest BCUT2D eigenvalue weighted by Crippen LogP contribution is -2.52. The molecule has 2 aromatic carbocycles. The molecular formula is C26H24ClN5O5. The summed E-state index contributed by atoms with van der Waals surface area (Å²) in [5.74, 6) is -1.81. The molecule has 10 nitrogen and oxygen atoms in total. The lowest BCUT2D eigenvalue weighted by molar-refractivity contribution is -0.144. The second-order valence-electron chi connectivity index (χ2n) is 8.42. The average molecular weight is 522 g/mol. The van der Waals surface area contributed by atoms with Crippen LogP contribution in [0.2, 0.25) is 5.02 Å². The van der Waals surface area contributed by atoms with Gasteiger partial charge in [0.1, 0.15) is 11.7 Å². The number of amides is 2. The fraction of sp³-hybridized carbons (Fsp3) is 0.192. The molecule has 0 spiro atoms. The molecule has 0 saturated heterocycles. The number of carboxylic acids is 1. The predicted molar refractivity (Wildman–Crippen MR) is 138 cm³/mol. The van der Waals surface area contributed by atoms with Crippen molar-refractivity contribution in [3.8, 4) is 11.6 Å². The SMILES string of the molecule is CN(C)C(=O)C1CN=C(Nc2ccc(Oc3cccc(C(=O)O)n3)cc2)N(Cc2ccc(Cl)cc2)C1=O. The molecule has 0 saturated carbocycles. The van der Waals surface area contributed by atoms with E-state index in [1.165, 1.54) is 15.9 Å². The van der Waals surface area contributed by atoms with E-state index in [-0.39, 0.29) is 36.5 Å². The Balaban J connectivity index is 1.53. The predicted octanol–water partition coefficient (Wildman–Crippen LogP) is 3.74. The number of benzene rings is 2. The number of aromatic carboxylic acids is 1. The summed E-state index contributed by atoms with van der Waals surface area (Å²) in [6.07, 6.45) is 0. The van der Waals surface area contributed by atoms with E-state index in [2.05, 4.69) is 15.3 Å². The Morgan fingerprint density at radius 3 is 2.46 bits per heavy atom. The molecule has 0 fully saturated rings. The number of ether oxygens (including phenoxy) is 1. The van der Waals surface area contributed by atoms with Gasteiger partial charge in [-0.05, 0) is 48.0 Å². The van der Waals surface area contributed by atoms with E-state index in [1.807, 2.05) is 12.1 Å². The number of carbonyl (C=O) groups excluding carboxylic acids is 2. The largest absolute Gasteiger partial charge is 0.477 e. The second-order valence-corrected chi connectivity index (χ2v) is 8.85. The van der Waals surface area contributed by atoms with Gasteiger partial charge in [0.15, 0.2) is 5.69 Å². The maximum Gasteiger partial charge on any atom is 0.354 e. The van der Waals surface area contributed by atoms with Crippen molar-refractivity contribution in [1.82, 2.24) is 14.8 Å². The number of guanidine groups is 1. The Morgan fingerprint density at radius 1 is 1.11 bits per heavy atom. The molecule has 0 aliphatic carbocycles. The number of carboxylic acid groups (broad SMARTS) is 1. The van der Waals surface area contributed by atoms with Gasteiger partial charge in [0.25, 0.3) is 0 Å². The number of carbonyl (C=O) groups is 3. The molecule has 190 valence electrons.